The average Bonchev–Trinajstić information content (AvgIpc) is 3.15. The lowest BCUT2D eigenvalue weighted by atomic mass is 10.0. The van der Waals surface area contributed by atoms with Gasteiger partial charge in [-0.1, -0.05) is 60.9 Å². The second kappa shape index (κ2) is 10.0. The molecule has 0 atom stereocenters. The van der Waals surface area contributed by atoms with Crippen LogP contribution in [0, 0.1) is 0 Å². The molecule has 0 saturated heterocycles. The number of rotatable bonds is 8. The number of carbonyl (C=O) groups excluding carboxylic acids is 1. The van der Waals surface area contributed by atoms with E-state index in [1.165, 1.54) is 17.3 Å². The zero-order chi connectivity index (χ0) is 20.8. The highest BCUT2D eigenvalue weighted by Crippen LogP contribution is 2.26. The van der Waals surface area contributed by atoms with Crippen molar-refractivity contribution < 1.29 is 9.53 Å². The normalized spacial score (nSPS) is 10.9. The number of ether oxygens (including phenoxy) is 1. The van der Waals surface area contributed by atoms with E-state index < -0.39 is 0 Å². The number of hydrogen-bond acceptors (Lipinski definition) is 5. The Morgan fingerprint density at radius 3 is 2.66 bits per heavy atom. The molecule has 3 aromatic rings. The molecule has 0 aliphatic rings. The maximum atomic E-state index is 12.1. The third-order valence-corrected chi connectivity index (χ3v) is 5.37. The molecular formula is C20H20Cl2N4O2S. The van der Waals surface area contributed by atoms with Crippen molar-refractivity contribution in [2.45, 2.75) is 31.5 Å². The van der Waals surface area contributed by atoms with Gasteiger partial charge in [0.25, 0.3) is 0 Å². The van der Waals surface area contributed by atoms with E-state index in [-0.39, 0.29) is 18.3 Å². The van der Waals surface area contributed by atoms with Crippen LogP contribution in [0.4, 0.5) is 5.69 Å². The predicted octanol–water partition coefficient (Wildman–Crippen LogP) is 5.54. The Kier molecular flexibility index (Phi) is 7.41. The minimum absolute atomic E-state index is 0.147. The number of amides is 1. The molecule has 3 rings (SSSR count). The zero-order valence-corrected chi connectivity index (χ0v) is 18.2. The molecular weight excluding hydrogens is 431 g/mol. The Bertz CT molecular complexity index is 977. The van der Waals surface area contributed by atoms with Gasteiger partial charge in [-0.05, 0) is 41.8 Å². The maximum absolute atomic E-state index is 12.1. The van der Waals surface area contributed by atoms with Crippen LogP contribution in [0.1, 0.15) is 31.2 Å². The van der Waals surface area contributed by atoms with Crippen LogP contribution < -0.4 is 10.1 Å². The number of nitrogens with one attached hydrogen (secondary N) is 2. The molecule has 1 aromatic heterocycles. The molecule has 152 valence electrons. The van der Waals surface area contributed by atoms with Gasteiger partial charge in [0.05, 0.1) is 16.5 Å². The Morgan fingerprint density at radius 2 is 1.97 bits per heavy atom. The summed E-state index contributed by atoms with van der Waals surface area (Å²) in [7, 11) is 0. The fourth-order valence-electron chi connectivity index (χ4n) is 2.41. The lowest BCUT2D eigenvalue weighted by Gasteiger charge is -2.07. The van der Waals surface area contributed by atoms with Crippen molar-refractivity contribution in [2.75, 3.05) is 11.1 Å². The van der Waals surface area contributed by atoms with Crippen molar-refractivity contribution in [3.63, 3.8) is 0 Å². The Morgan fingerprint density at radius 1 is 1.21 bits per heavy atom. The van der Waals surface area contributed by atoms with Crippen molar-refractivity contribution in [2.24, 2.45) is 0 Å². The lowest BCUT2D eigenvalue weighted by molar-refractivity contribution is -0.113. The smallest absolute Gasteiger partial charge is 0.234 e. The Balaban J connectivity index is 1.46. The van der Waals surface area contributed by atoms with Crippen molar-refractivity contribution in [3.8, 4) is 5.75 Å². The second-order valence-electron chi connectivity index (χ2n) is 6.54. The van der Waals surface area contributed by atoms with E-state index in [0.29, 0.717) is 32.6 Å². The molecule has 0 unspecified atom stereocenters. The van der Waals surface area contributed by atoms with Crippen molar-refractivity contribution in [1.29, 1.82) is 0 Å². The summed E-state index contributed by atoms with van der Waals surface area (Å²) in [4.78, 5) is 16.4. The van der Waals surface area contributed by atoms with Gasteiger partial charge in [0, 0.05) is 5.02 Å². The fourth-order valence-corrected chi connectivity index (χ4v) is 3.49. The molecule has 6 nitrogen and oxygen atoms in total. The molecule has 0 aliphatic heterocycles. The molecule has 1 amide bonds. The fraction of sp³-hybridized carbons (Fsp3) is 0.250. The molecule has 0 spiro atoms. The third-order valence-electron chi connectivity index (χ3n) is 3.97. The van der Waals surface area contributed by atoms with E-state index >= 15 is 0 Å². The molecule has 0 radical (unpaired) electrons. The minimum atomic E-state index is -0.216. The average molecular weight is 451 g/mol. The molecule has 0 bridgehead atoms. The van der Waals surface area contributed by atoms with E-state index in [4.69, 9.17) is 27.9 Å². The largest absolute Gasteiger partial charge is 0.486 e. The van der Waals surface area contributed by atoms with Crippen LogP contribution in [0.15, 0.2) is 47.6 Å². The summed E-state index contributed by atoms with van der Waals surface area (Å²) in [6, 6.07) is 12.9. The van der Waals surface area contributed by atoms with E-state index in [0.717, 1.165) is 5.75 Å². The molecule has 0 fully saturated rings. The van der Waals surface area contributed by atoms with Crippen LogP contribution >= 0.6 is 35.0 Å². The first kappa shape index (κ1) is 21.5. The van der Waals surface area contributed by atoms with Gasteiger partial charge < -0.3 is 10.1 Å². The highest BCUT2D eigenvalue weighted by Gasteiger charge is 2.10. The zero-order valence-electron chi connectivity index (χ0n) is 15.9. The third kappa shape index (κ3) is 6.39. The van der Waals surface area contributed by atoms with Crippen LogP contribution in [0.5, 0.6) is 5.75 Å². The van der Waals surface area contributed by atoms with Crippen LogP contribution in [-0.2, 0) is 11.4 Å². The summed E-state index contributed by atoms with van der Waals surface area (Å²) in [5, 5.41) is 11.0. The molecule has 2 aromatic carbocycles. The number of nitrogens with zero attached hydrogens (tertiary/aromatic N) is 2. The molecule has 0 saturated carbocycles. The number of carbonyl (C=O) groups is 1. The SMILES string of the molecule is CC(C)c1ccc(OCc2nc(SCC(=O)Nc3ccc(Cl)cc3Cl)n[nH]2)cc1. The molecule has 2 N–H and O–H groups in total. The van der Waals surface area contributed by atoms with E-state index in [1.54, 1.807) is 18.2 Å². The quantitative estimate of drug-likeness (QED) is 0.440. The topological polar surface area (TPSA) is 79.9 Å². The monoisotopic (exact) mass is 450 g/mol. The summed E-state index contributed by atoms with van der Waals surface area (Å²) < 4.78 is 5.72. The van der Waals surface area contributed by atoms with Crippen molar-refractivity contribution >= 4 is 46.6 Å². The highest BCUT2D eigenvalue weighted by atomic mass is 35.5. The first-order chi connectivity index (χ1) is 13.9. The summed E-state index contributed by atoms with van der Waals surface area (Å²) in [6.45, 7) is 4.56. The van der Waals surface area contributed by atoms with Crippen molar-refractivity contribution in [1.82, 2.24) is 15.2 Å². The number of aromatic amines is 1. The molecule has 9 heteroatoms. The standard InChI is InChI=1S/C20H20Cl2N4O2S/c1-12(2)13-3-6-15(7-4-13)28-10-18-24-20(26-25-18)29-11-19(27)23-17-8-5-14(21)9-16(17)22/h3-9,12H,10-11H2,1-2H3,(H,23,27)(H,24,25,26). The van der Waals surface area contributed by atoms with Gasteiger partial charge in [-0.3, -0.25) is 9.89 Å². The molecule has 1 heterocycles. The van der Waals surface area contributed by atoms with Crippen LogP contribution in [0.25, 0.3) is 0 Å². The molecule has 0 aliphatic carbocycles. The summed E-state index contributed by atoms with van der Waals surface area (Å²) >= 11 is 13.1. The maximum Gasteiger partial charge on any atom is 0.234 e. The predicted molar refractivity (Wildman–Crippen MR) is 117 cm³/mol. The Hall–Kier alpha value is -2.22. The van der Waals surface area contributed by atoms with Gasteiger partial charge in [0.1, 0.15) is 12.4 Å². The van der Waals surface area contributed by atoms with Crippen LogP contribution in [-0.4, -0.2) is 26.8 Å². The van der Waals surface area contributed by atoms with Gasteiger partial charge in [-0.15, -0.1) is 5.10 Å². The van der Waals surface area contributed by atoms with Gasteiger partial charge in [-0.2, -0.15) is 0 Å². The van der Waals surface area contributed by atoms with Crippen molar-refractivity contribution in [3.05, 3.63) is 63.9 Å². The summed E-state index contributed by atoms with van der Waals surface area (Å²) in [6.07, 6.45) is 0. The molecule has 29 heavy (non-hydrogen) atoms. The van der Waals surface area contributed by atoms with E-state index in [9.17, 15) is 4.79 Å². The number of anilines is 1. The Labute approximate surface area is 183 Å². The first-order valence-electron chi connectivity index (χ1n) is 8.92. The van der Waals surface area contributed by atoms with E-state index in [2.05, 4.69) is 34.3 Å². The number of halogens is 2. The number of hydrogen-bond donors (Lipinski definition) is 2. The number of benzene rings is 2. The summed E-state index contributed by atoms with van der Waals surface area (Å²) in [5.74, 6) is 1.76. The first-order valence-corrected chi connectivity index (χ1v) is 10.7. The lowest BCUT2D eigenvalue weighted by Crippen LogP contribution is -2.14. The van der Waals surface area contributed by atoms with Crippen LogP contribution in [0.2, 0.25) is 10.0 Å². The van der Waals surface area contributed by atoms with Crippen LogP contribution in [0.3, 0.4) is 0 Å². The summed E-state index contributed by atoms with van der Waals surface area (Å²) in [5.41, 5.74) is 1.77. The van der Waals surface area contributed by atoms with Gasteiger partial charge >= 0.3 is 0 Å². The van der Waals surface area contributed by atoms with E-state index in [1.807, 2.05) is 24.3 Å². The minimum Gasteiger partial charge on any atom is -0.486 e. The highest BCUT2D eigenvalue weighted by molar-refractivity contribution is 7.99. The van der Waals surface area contributed by atoms with Gasteiger partial charge in [0.2, 0.25) is 11.1 Å². The van der Waals surface area contributed by atoms with Gasteiger partial charge in [-0.25, -0.2) is 4.98 Å². The number of aromatic nitrogens is 3. The second-order valence-corrected chi connectivity index (χ2v) is 8.32. The van der Waals surface area contributed by atoms with Gasteiger partial charge in [0.15, 0.2) is 5.82 Å². The number of thioether (sulfide) groups is 1. The number of H-pyrrole nitrogens is 1.